The third kappa shape index (κ3) is 1.91. The molecule has 0 amide bonds. The molecule has 18 heavy (non-hydrogen) atoms. The summed E-state index contributed by atoms with van der Waals surface area (Å²) in [7, 11) is 0. The van der Waals surface area contributed by atoms with Crippen molar-refractivity contribution in [1.82, 2.24) is 9.97 Å². The predicted molar refractivity (Wildman–Crippen MR) is 73.2 cm³/mol. The molecule has 1 aromatic carbocycles. The van der Waals surface area contributed by atoms with Crippen molar-refractivity contribution in [2.75, 3.05) is 5.73 Å². The van der Waals surface area contributed by atoms with Gasteiger partial charge in [-0.3, -0.25) is 4.98 Å². The van der Waals surface area contributed by atoms with Crippen molar-refractivity contribution in [1.29, 1.82) is 0 Å². The van der Waals surface area contributed by atoms with E-state index in [2.05, 4.69) is 22.1 Å². The standard InChI is InChI=1S/C15H13N3/c16-15-12(5-2-9-18-15)10-11-4-1-7-14-13(11)6-3-8-17-14/h1-9H,10H2,(H2,16,18). The Morgan fingerprint density at radius 3 is 2.50 bits per heavy atom. The Morgan fingerprint density at radius 2 is 1.61 bits per heavy atom. The van der Waals surface area contributed by atoms with E-state index in [-0.39, 0.29) is 0 Å². The van der Waals surface area contributed by atoms with Crippen LogP contribution in [0.4, 0.5) is 5.82 Å². The zero-order chi connectivity index (χ0) is 12.4. The molecule has 0 aliphatic rings. The second kappa shape index (κ2) is 4.45. The van der Waals surface area contributed by atoms with E-state index in [1.165, 1.54) is 10.9 Å². The molecule has 0 unspecified atom stereocenters. The Bertz CT molecular complexity index is 687. The van der Waals surface area contributed by atoms with Crippen LogP contribution < -0.4 is 5.73 Å². The van der Waals surface area contributed by atoms with Gasteiger partial charge in [-0.05, 0) is 29.3 Å². The van der Waals surface area contributed by atoms with Crippen molar-refractivity contribution >= 4 is 16.7 Å². The van der Waals surface area contributed by atoms with E-state index in [1.807, 2.05) is 36.5 Å². The van der Waals surface area contributed by atoms with Crippen LogP contribution in [-0.2, 0) is 6.42 Å². The van der Waals surface area contributed by atoms with Crippen LogP contribution >= 0.6 is 0 Å². The molecule has 0 bridgehead atoms. The molecule has 0 spiro atoms. The lowest BCUT2D eigenvalue weighted by Crippen LogP contribution is -1.98. The normalized spacial score (nSPS) is 10.7. The molecule has 88 valence electrons. The molecule has 2 aromatic heterocycles. The molecule has 3 rings (SSSR count). The van der Waals surface area contributed by atoms with Crippen molar-refractivity contribution < 1.29 is 0 Å². The molecule has 0 radical (unpaired) electrons. The third-order valence-corrected chi connectivity index (χ3v) is 3.04. The average molecular weight is 235 g/mol. The van der Waals surface area contributed by atoms with Gasteiger partial charge < -0.3 is 5.73 Å². The minimum atomic E-state index is 0.596. The van der Waals surface area contributed by atoms with Crippen molar-refractivity contribution in [3.05, 3.63) is 66.0 Å². The summed E-state index contributed by atoms with van der Waals surface area (Å²) >= 11 is 0. The number of nitrogens with two attached hydrogens (primary N) is 1. The van der Waals surface area contributed by atoms with E-state index in [9.17, 15) is 0 Å². The summed E-state index contributed by atoms with van der Waals surface area (Å²) in [6, 6.07) is 14.1. The highest BCUT2D eigenvalue weighted by Gasteiger charge is 2.05. The van der Waals surface area contributed by atoms with Crippen molar-refractivity contribution in [2.24, 2.45) is 0 Å². The number of hydrogen-bond donors (Lipinski definition) is 1. The maximum atomic E-state index is 5.89. The summed E-state index contributed by atoms with van der Waals surface area (Å²) in [5.74, 6) is 0.596. The Kier molecular flexibility index (Phi) is 2.65. The Morgan fingerprint density at radius 1 is 0.833 bits per heavy atom. The largest absolute Gasteiger partial charge is 0.383 e. The van der Waals surface area contributed by atoms with Gasteiger partial charge in [0.15, 0.2) is 0 Å². The fraction of sp³-hybridized carbons (Fsp3) is 0.0667. The number of hydrogen-bond acceptors (Lipinski definition) is 3. The second-order valence-corrected chi connectivity index (χ2v) is 4.21. The van der Waals surface area contributed by atoms with Gasteiger partial charge in [0.1, 0.15) is 5.82 Å². The number of nitrogens with zero attached hydrogens (tertiary/aromatic N) is 2. The van der Waals surface area contributed by atoms with E-state index in [0.29, 0.717) is 5.82 Å². The average Bonchev–Trinajstić information content (AvgIpc) is 2.42. The summed E-state index contributed by atoms with van der Waals surface area (Å²) in [5.41, 5.74) is 9.17. The van der Waals surface area contributed by atoms with E-state index < -0.39 is 0 Å². The second-order valence-electron chi connectivity index (χ2n) is 4.21. The summed E-state index contributed by atoms with van der Waals surface area (Å²) in [5, 5.41) is 1.17. The molecule has 0 fully saturated rings. The van der Waals surface area contributed by atoms with Crippen LogP contribution in [0.2, 0.25) is 0 Å². The highest BCUT2D eigenvalue weighted by Crippen LogP contribution is 2.21. The zero-order valence-corrected chi connectivity index (χ0v) is 9.88. The highest BCUT2D eigenvalue weighted by molar-refractivity contribution is 5.82. The Labute approximate surface area is 105 Å². The van der Waals surface area contributed by atoms with Gasteiger partial charge in [0.2, 0.25) is 0 Å². The monoisotopic (exact) mass is 235 g/mol. The molecule has 0 atom stereocenters. The molecule has 0 aliphatic heterocycles. The lowest BCUT2D eigenvalue weighted by molar-refractivity contribution is 1.17. The fourth-order valence-electron chi connectivity index (χ4n) is 2.13. The summed E-state index contributed by atoms with van der Waals surface area (Å²) in [4.78, 5) is 8.48. The number of pyridine rings is 2. The number of aromatic nitrogens is 2. The van der Waals surface area contributed by atoms with Crippen LogP contribution in [0.5, 0.6) is 0 Å². The zero-order valence-electron chi connectivity index (χ0n) is 9.88. The van der Waals surface area contributed by atoms with Gasteiger partial charge in [-0.1, -0.05) is 24.3 Å². The first-order valence-electron chi connectivity index (χ1n) is 5.86. The van der Waals surface area contributed by atoms with Gasteiger partial charge in [-0.25, -0.2) is 4.98 Å². The molecular weight excluding hydrogens is 222 g/mol. The summed E-state index contributed by atoms with van der Waals surface area (Å²) in [6.07, 6.45) is 4.30. The Balaban J connectivity index is 2.08. The molecule has 2 N–H and O–H groups in total. The van der Waals surface area contributed by atoms with Crippen LogP contribution in [0.1, 0.15) is 11.1 Å². The van der Waals surface area contributed by atoms with Crippen LogP contribution in [0.15, 0.2) is 54.9 Å². The first-order valence-corrected chi connectivity index (χ1v) is 5.86. The molecule has 2 heterocycles. The maximum Gasteiger partial charge on any atom is 0.126 e. The van der Waals surface area contributed by atoms with Crippen LogP contribution in [0.3, 0.4) is 0 Å². The number of benzene rings is 1. The SMILES string of the molecule is Nc1ncccc1Cc1cccc2ncccc12. The van der Waals surface area contributed by atoms with Crippen LogP contribution in [0.25, 0.3) is 10.9 Å². The van der Waals surface area contributed by atoms with E-state index in [1.54, 1.807) is 6.20 Å². The summed E-state index contributed by atoms with van der Waals surface area (Å²) in [6.45, 7) is 0. The first-order chi connectivity index (χ1) is 8.84. The van der Waals surface area contributed by atoms with Crippen molar-refractivity contribution in [3.8, 4) is 0 Å². The van der Waals surface area contributed by atoms with Crippen LogP contribution in [-0.4, -0.2) is 9.97 Å². The predicted octanol–water partition coefficient (Wildman–Crippen LogP) is 2.80. The number of nitrogen functional groups attached to an aromatic ring is 1. The third-order valence-electron chi connectivity index (χ3n) is 3.04. The highest BCUT2D eigenvalue weighted by atomic mass is 14.8. The maximum absolute atomic E-state index is 5.89. The van der Waals surface area contributed by atoms with Gasteiger partial charge >= 0.3 is 0 Å². The number of anilines is 1. The summed E-state index contributed by atoms with van der Waals surface area (Å²) < 4.78 is 0. The van der Waals surface area contributed by atoms with Gasteiger partial charge in [0, 0.05) is 24.2 Å². The fourth-order valence-corrected chi connectivity index (χ4v) is 2.13. The first kappa shape index (κ1) is 10.7. The molecular formula is C15H13N3. The van der Waals surface area contributed by atoms with Gasteiger partial charge in [-0.15, -0.1) is 0 Å². The minimum absolute atomic E-state index is 0.596. The molecule has 3 aromatic rings. The van der Waals surface area contributed by atoms with Crippen molar-refractivity contribution in [3.63, 3.8) is 0 Å². The smallest absolute Gasteiger partial charge is 0.126 e. The molecule has 3 nitrogen and oxygen atoms in total. The Hall–Kier alpha value is -2.42. The van der Waals surface area contributed by atoms with Crippen LogP contribution in [0, 0.1) is 0 Å². The quantitative estimate of drug-likeness (QED) is 0.743. The van der Waals surface area contributed by atoms with E-state index in [0.717, 1.165) is 17.5 Å². The molecule has 0 saturated heterocycles. The van der Waals surface area contributed by atoms with Crippen molar-refractivity contribution in [2.45, 2.75) is 6.42 Å². The lowest BCUT2D eigenvalue weighted by atomic mass is 10.0. The van der Waals surface area contributed by atoms with Gasteiger partial charge in [0.05, 0.1) is 5.52 Å². The minimum Gasteiger partial charge on any atom is -0.383 e. The number of rotatable bonds is 2. The van der Waals surface area contributed by atoms with Gasteiger partial charge in [0.25, 0.3) is 0 Å². The topological polar surface area (TPSA) is 51.8 Å². The van der Waals surface area contributed by atoms with E-state index >= 15 is 0 Å². The number of fused-ring (bicyclic) bond motifs is 1. The van der Waals surface area contributed by atoms with E-state index in [4.69, 9.17) is 5.73 Å². The molecule has 3 heteroatoms. The molecule has 0 aliphatic carbocycles. The lowest BCUT2D eigenvalue weighted by Gasteiger charge is -2.07. The van der Waals surface area contributed by atoms with Gasteiger partial charge in [-0.2, -0.15) is 0 Å². The molecule has 0 saturated carbocycles.